The van der Waals surface area contributed by atoms with Crippen molar-refractivity contribution in [1.29, 1.82) is 0 Å². The Morgan fingerprint density at radius 1 is 1.35 bits per heavy atom. The lowest BCUT2D eigenvalue weighted by molar-refractivity contribution is -0.123. The average Bonchev–Trinajstić information content (AvgIpc) is 3.21. The van der Waals surface area contributed by atoms with Gasteiger partial charge in [-0.25, -0.2) is 10.9 Å². The Morgan fingerprint density at radius 3 is 2.87 bits per heavy atom. The summed E-state index contributed by atoms with van der Waals surface area (Å²) in [5.41, 5.74) is 9.96. The van der Waals surface area contributed by atoms with Crippen LogP contribution in [0.25, 0.3) is 0 Å². The number of hydrogen-bond acceptors (Lipinski definition) is 6. The minimum atomic E-state index is -0.295. The molecule has 0 saturated carbocycles. The number of carbonyl (C=O) groups is 1. The first kappa shape index (κ1) is 15.6. The zero-order chi connectivity index (χ0) is 16.4. The van der Waals surface area contributed by atoms with E-state index in [1.54, 1.807) is 0 Å². The average molecular weight is 315 g/mol. The first-order valence-electron chi connectivity index (χ1n) is 7.69. The van der Waals surface area contributed by atoms with Crippen LogP contribution in [0.3, 0.4) is 0 Å². The Bertz CT molecular complexity index is 686. The molecule has 0 aliphatic carbocycles. The van der Waals surface area contributed by atoms with Crippen LogP contribution in [0, 0.1) is 13.8 Å². The van der Waals surface area contributed by atoms with Gasteiger partial charge in [0.15, 0.2) is 5.82 Å². The van der Waals surface area contributed by atoms with E-state index in [0.29, 0.717) is 12.2 Å². The van der Waals surface area contributed by atoms with Crippen LogP contribution in [0.4, 0.5) is 0 Å². The van der Waals surface area contributed by atoms with E-state index in [-0.39, 0.29) is 24.0 Å². The van der Waals surface area contributed by atoms with Gasteiger partial charge in [-0.15, -0.1) is 0 Å². The minimum Gasteiger partial charge on any atom is -0.345 e. The van der Waals surface area contributed by atoms with Gasteiger partial charge >= 0.3 is 0 Å². The van der Waals surface area contributed by atoms with Crippen molar-refractivity contribution in [2.75, 3.05) is 0 Å². The second-order valence-electron chi connectivity index (χ2n) is 5.99. The monoisotopic (exact) mass is 315 g/mol. The molecule has 1 aromatic carbocycles. The SMILES string of the molecule is Cc1ccc(C2CC(C(=O)NC(C)c3ncon3)NN2)cc1C. The molecule has 1 fully saturated rings. The van der Waals surface area contributed by atoms with Crippen LogP contribution in [0.2, 0.25) is 0 Å². The lowest BCUT2D eigenvalue weighted by atomic mass is 9.98. The fraction of sp³-hybridized carbons (Fsp3) is 0.438. The van der Waals surface area contributed by atoms with Crippen LogP contribution in [-0.4, -0.2) is 22.1 Å². The highest BCUT2D eigenvalue weighted by Crippen LogP contribution is 2.24. The molecule has 3 atom stereocenters. The van der Waals surface area contributed by atoms with Crippen LogP contribution in [0.15, 0.2) is 29.1 Å². The van der Waals surface area contributed by atoms with Gasteiger partial charge in [0.25, 0.3) is 0 Å². The summed E-state index contributed by atoms with van der Waals surface area (Å²) in [7, 11) is 0. The van der Waals surface area contributed by atoms with Crippen LogP contribution < -0.4 is 16.2 Å². The van der Waals surface area contributed by atoms with E-state index in [1.165, 1.54) is 23.1 Å². The molecular formula is C16H21N5O2. The summed E-state index contributed by atoms with van der Waals surface area (Å²) in [5, 5.41) is 6.63. The first-order chi connectivity index (χ1) is 11.0. The summed E-state index contributed by atoms with van der Waals surface area (Å²) in [5.74, 6) is 0.385. The van der Waals surface area contributed by atoms with Crippen molar-refractivity contribution in [3.8, 4) is 0 Å². The third-order valence-corrected chi connectivity index (χ3v) is 4.28. The lowest BCUT2D eigenvalue weighted by Gasteiger charge is -2.14. The predicted molar refractivity (Wildman–Crippen MR) is 84.2 cm³/mol. The van der Waals surface area contributed by atoms with E-state index in [4.69, 9.17) is 4.52 Å². The molecule has 1 aromatic heterocycles. The van der Waals surface area contributed by atoms with Crippen molar-refractivity contribution in [2.45, 2.75) is 45.3 Å². The molecule has 0 spiro atoms. The molecule has 1 aliphatic heterocycles. The van der Waals surface area contributed by atoms with Crippen LogP contribution in [0.5, 0.6) is 0 Å². The van der Waals surface area contributed by atoms with Gasteiger partial charge in [-0.3, -0.25) is 4.79 Å². The fourth-order valence-electron chi connectivity index (χ4n) is 2.68. The molecule has 1 amide bonds. The molecule has 122 valence electrons. The van der Waals surface area contributed by atoms with E-state index >= 15 is 0 Å². The summed E-state index contributed by atoms with van der Waals surface area (Å²) in [6.45, 7) is 6.01. The number of benzene rings is 1. The van der Waals surface area contributed by atoms with Crippen molar-refractivity contribution in [2.24, 2.45) is 0 Å². The molecule has 2 aromatic rings. The third-order valence-electron chi connectivity index (χ3n) is 4.28. The second-order valence-corrected chi connectivity index (χ2v) is 5.99. The van der Waals surface area contributed by atoms with Crippen LogP contribution in [0.1, 0.15) is 47.9 Å². The number of hydrogen-bond donors (Lipinski definition) is 3. The zero-order valence-corrected chi connectivity index (χ0v) is 13.5. The number of nitrogens with one attached hydrogen (secondary N) is 3. The van der Waals surface area contributed by atoms with E-state index in [1.807, 2.05) is 6.92 Å². The Kier molecular flexibility index (Phi) is 4.40. The predicted octanol–water partition coefficient (Wildman–Crippen LogP) is 1.47. The zero-order valence-electron chi connectivity index (χ0n) is 13.5. The highest BCUT2D eigenvalue weighted by molar-refractivity contribution is 5.82. The number of hydrazine groups is 1. The van der Waals surface area contributed by atoms with Crippen molar-refractivity contribution in [3.05, 3.63) is 47.1 Å². The third kappa shape index (κ3) is 3.40. The maximum atomic E-state index is 12.3. The van der Waals surface area contributed by atoms with Crippen molar-refractivity contribution >= 4 is 5.91 Å². The Labute approximate surface area is 134 Å². The molecule has 0 bridgehead atoms. The number of nitrogens with zero attached hydrogens (tertiary/aromatic N) is 2. The topological polar surface area (TPSA) is 92.1 Å². The molecule has 0 radical (unpaired) electrons. The smallest absolute Gasteiger partial charge is 0.239 e. The Balaban J connectivity index is 1.60. The van der Waals surface area contributed by atoms with E-state index in [0.717, 1.165) is 0 Å². The van der Waals surface area contributed by atoms with Gasteiger partial charge < -0.3 is 9.84 Å². The van der Waals surface area contributed by atoms with Gasteiger partial charge in [0.1, 0.15) is 6.04 Å². The number of aryl methyl sites for hydroxylation is 2. The molecule has 1 aliphatic rings. The van der Waals surface area contributed by atoms with Gasteiger partial charge in [-0.2, -0.15) is 4.98 Å². The van der Waals surface area contributed by atoms with Crippen molar-refractivity contribution < 1.29 is 9.32 Å². The molecule has 1 saturated heterocycles. The standard InChI is InChI=1S/C16H21N5O2/c1-9-4-5-12(6-10(9)2)13-7-14(20-19-13)16(22)18-11(3)15-17-8-23-21-15/h4-6,8,11,13-14,19-20H,7H2,1-3H3,(H,18,22). The minimum absolute atomic E-state index is 0.0823. The maximum absolute atomic E-state index is 12.3. The normalized spacial score (nSPS) is 22.0. The van der Waals surface area contributed by atoms with Gasteiger partial charge in [0.2, 0.25) is 12.3 Å². The van der Waals surface area contributed by atoms with E-state index in [9.17, 15) is 4.79 Å². The number of aromatic nitrogens is 2. The Morgan fingerprint density at radius 2 is 2.17 bits per heavy atom. The second kappa shape index (κ2) is 6.47. The van der Waals surface area contributed by atoms with Crippen molar-refractivity contribution in [3.63, 3.8) is 0 Å². The van der Waals surface area contributed by atoms with Gasteiger partial charge in [0, 0.05) is 6.04 Å². The largest absolute Gasteiger partial charge is 0.345 e. The summed E-state index contributed by atoms with van der Waals surface area (Å²) in [6.07, 6.45) is 1.94. The van der Waals surface area contributed by atoms with E-state index in [2.05, 4.69) is 58.4 Å². The maximum Gasteiger partial charge on any atom is 0.239 e. The van der Waals surface area contributed by atoms with E-state index < -0.39 is 0 Å². The Hall–Kier alpha value is -2.25. The molecule has 3 unspecified atom stereocenters. The molecule has 3 N–H and O–H groups in total. The molecular weight excluding hydrogens is 294 g/mol. The quantitative estimate of drug-likeness (QED) is 0.791. The molecule has 7 nitrogen and oxygen atoms in total. The number of carbonyl (C=O) groups excluding carboxylic acids is 1. The highest BCUT2D eigenvalue weighted by Gasteiger charge is 2.31. The number of rotatable bonds is 4. The first-order valence-corrected chi connectivity index (χ1v) is 7.69. The molecule has 3 rings (SSSR count). The van der Waals surface area contributed by atoms with Crippen LogP contribution in [-0.2, 0) is 4.79 Å². The molecule has 7 heteroatoms. The summed E-state index contributed by atoms with van der Waals surface area (Å²) in [6, 6.07) is 5.91. The molecule has 2 heterocycles. The lowest BCUT2D eigenvalue weighted by Crippen LogP contribution is -2.44. The summed E-state index contributed by atoms with van der Waals surface area (Å²) >= 11 is 0. The molecule has 23 heavy (non-hydrogen) atoms. The van der Waals surface area contributed by atoms with Crippen molar-refractivity contribution in [1.82, 2.24) is 26.3 Å². The van der Waals surface area contributed by atoms with Gasteiger partial charge in [0.05, 0.1) is 6.04 Å². The fourth-order valence-corrected chi connectivity index (χ4v) is 2.68. The summed E-state index contributed by atoms with van der Waals surface area (Å²) < 4.78 is 4.70. The van der Waals surface area contributed by atoms with Crippen LogP contribution >= 0.6 is 0 Å². The summed E-state index contributed by atoms with van der Waals surface area (Å²) in [4.78, 5) is 16.3. The number of amides is 1. The van der Waals surface area contributed by atoms with Gasteiger partial charge in [-0.05, 0) is 43.9 Å². The van der Waals surface area contributed by atoms with Gasteiger partial charge in [-0.1, -0.05) is 23.4 Å². The highest BCUT2D eigenvalue weighted by atomic mass is 16.5.